The third-order valence-corrected chi connectivity index (χ3v) is 4.84. The van der Waals surface area contributed by atoms with Crippen LogP contribution in [-0.4, -0.2) is 22.0 Å². The highest BCUT2D eigenvalue weighted by atomic mass is 35.5. The molecule has 2 heterocycles. The minimum Gasteiger partial charge on any atom is -0.478 e. The molecule has 6 nitrogen and oxygen atoms in total. The molecule has 0 atom stereocenters. The van der Waals surface area contributed by atoms with Crippen LogP contribution in [0.5, 0.6) is 0 Å². The van der Waals surface area contributed by atoms with Crippen LogP contribution in [0.15, 0.2) is 30.3 Å². The molecule has 122 valence electrons. The lowest BCUT2D eigenvalue weighted by Gasteiger charge is -2.06. The highest BCUT2D eigenvalue weighted by Crippen LogP contribution is 2.33. The van der Waals surface area contributed by atoms with Gasteiger partial charge in [0.2, 0.25) is 0 Å². The molecule has 0 aliphatic rings. The number of anilines is 2. The molecule has 24 heavy (non-hydrogen) atoms. The van der Waals surface area contributed by atoms with Gasteiger partial charge in [0.05, 0.1) is 16.3 Å². The first-order chi connectivity index (χ1) is 11.4. The average Bonchev–Trinajstić information content (AvgIpc) is 2.85. The SMILES string of the molecule is Cc1ccc2c(N)c(C(=O)Nc3ccc(Cl)c(C(=O)O)c3)sc2n1. The smallest absolute Gasteiger partial charge is 0.337 e. The molecule has 0 saturated heterocycles. The van der Waals surface area contributed by atoms with E-state index in [2.05, 4.69) is 10.3 Å². The van der Waals surface area contributed by atoms with Crippen LogP contribution in [-0.2, 0) is 0 Å². The number of amides is 1. The molecule has 0 bridgehead atoms. The van der Waals surface area contributed by atoms with Gasteiger partial charge in [0, 0.05) is 16.8 Å². The number of carboxylic acid groups (broad SMARTS) is 1. The van der Waals surface area contributed by atoms with Gasteiger partial charge in [0.25, 0.3) is 5.91 Å². The van der Waals surface area contributed by atoms with Crippen molar-refractivity contribution in [1.29, 1.82) is 0 Å². The summed E-state index contributed by atoms with van der Waals surface area (Å²) < 4.78 is 0. The van der Waals surface area contributed by atoms with Gasteiger partial charge >= 0.3 is 5.97 Å². The highest BCUT2D eigenvalue weighted by molar-refractivity contribution is 7.21. The van der Waals surface area contributed by atoms with Gasteiger partial charge in [0.15, 0.2) is 0 Å². The molecule has 2 aromatic heterocycles. The number of nitrogens with one attached hydrogen (secondary N) is 1. The van der Waals surface area contributed by atoms with Crippen molar-refractivity contribution in [2.75, 3.05) is 11.1 Å². The van der Waals surface area contributed by atoms with Crippen molar-refractivity contribution in [3.8, 4) is 0 Å². The monoisotopic (exact) mass is 361 g/mol. The number of aryl methyl sites for hydroxylation is 1. The number of nitrogen functional groups attached to an aromatic ring is 1. The van der Waals surface area contributed by atoms with Gasteiger partial charge in [0.1, 0.15) is 9.71 Å². The molecule has 0 saturated carbocycles. The molecule has 8 heteroatoms. The van der Waals surface area contributed by atoms with Crippen LogP contribution in [0.1, 0.15) is 25.7 Å². The van der Waals surface area contributed by atoms with Crippen molar-refractivity contribution >= 4 is 56.4 Å². The molecule has 0 aliphatic heterocycles. The zero-order valence-corrected chi connectivity index (χ0v) is 14.0. The van der Waals surface area contributed by atoms with E-state index < -0.39 is 11.9 Å². The van der Waals surface area contributed by atoms with Gasteiger partial charge in [-0.25, -0.2) is 9.78 Å². The van der Waals surface area contributed by atoms with Crippen molar-refractivity contribution in [3.63, 3.8) is 0 Å². The number of carbonyl (C=O) groups is 2. The maximum absolute atomic E-state index is 12.5. The number of nitrogens with two attached hydrogens (primary N) is 1. The predicted molar refractivity (Wildman–Crippen MR) is 95.1 cm³/mol. The van der Waals surface area contributed by atoms with Crippen molar-refractivity contribution in [2.24, 2.45) is 0 Å². The van der Waals surface area contributed by atoms with E-state index in [1.165, 1.54) is 29.5 Å². The summed E-state index contributed by atoms with van der Waals surface area (Å²) in [7, 11) is 0. The van der Waals surface area contributed by atoms with E-state index in [1.807, 2.05) is 19.1 Å². The van der Waals surface area contributed by atoms with Gasteiger partial charge in [-0.3, -0.25) is 4.79 Å². The maximum atomic E-state index is 12.5. The summed E-state index contributed by atoms with van der Waals surface area (Å²) in [6.07, 6.45) is 0. The molecule has 0 spiro atoms. The molecule has 1 aromatic carbocycles. The molecule has 1 amide bonds. The Morgan fingerprint density at radius 1 is 1.29 bits per heavy atom. The number of aromatic carboxylic acids is 1. The summed E-state index contributed by atoms with van der Waals surface area (Å²) in [5.74, 6) is -1.59. The Morgan fingerprint density at radius 2 is 2.04 bits per heavy atom. The van der Waals surface area contributed by atoms with Crippen LogP contribution >= 0.6 is 22.9 Å². The molecular formula is C16H12ClN3O3S. The number of carboxylic acids is 1. The normalized spacial score (nSPS) is 10.8. The van der Waals surface area contributed by atoms with E-state index in [9.17, 15) is 9.59 Å². The van der Waals surface area contributed by atoms with Crippen molar-refractivity contribution in [2.45, 2.75) is 6.92 Å². The van der Waals surface area contributed by atoms with Crippen LogP contribution in [0, 0.1) is 6.92 Å². The summed E-state index contributed by atoms with van der Waals surface area (Å²) in [5, 5.41) is 12.5. The number of rotatable bonds is 3. The summed E-state index contributed by atoms with van der Waals surface area (Å²) in [6, 6.07) is 7.89. The molecule has 3 aromatic rings. The fourth-order valence-electron chi connectivity index (χ4n) is 2.21. The molecule has 3 rings (SSSR count). The lowest BCUT2D eigenvalue weighted by atomic mass is 10.2. The van der Waals surface area contributed by atoms with Crippen molar-refractivity contribution in [3.05, 3.63) is 51.5 Å². The Morgan fingerprint density at radius 3 is 2.75 bits per heavy atom. The number of fused-ring (bicyclic) bond motifs is 1. The number of thiophene rings is 1. The Hall–Kier alpha value is -2.64. The van der Waals surface area contributed by atoms with Crippen LogP contribution in [0.3, 0.4) is 0 Å². The number of hydrogen-bond acceptors (Lipinski definition) is 5. The molecular weight excluding hydrogens is 350 g/mol. The highest BCUT2D eigenvalue weighted by Gasteiger charge is 2.18. The lowest BCUT2D eigenvalue weighted by Crippen LogP contribution is -2.12. The second-order valence-electron chi connectivity index (χ2n) is 5.10. The second-order valence-corrected chi connectivity index (χ2v) is 6.51. The van der Waals surface area contributed by atoms with Gasteiger partial charge in [-0.2, -0.15) is 0 Å². The minimum atomic E-state index is -1.17. The van der Waals surface area contributed by atoms with Crippen molar-refractivity contribution in [1.82, 2.24) is 4.98 Å². The second kappa shape index (κ2) is 6.10. The first-order valence-corrected chi connectivity index (χ1v) is 8.06. The van der Waals surface area contributed by atoms with E-state index in [1.54, 1.807) is 0 Å². The summed E-state index contributed by atoms with van der Waals surface area (Å²) >= 11 is 7.01. The zero-order chi connectivity index (χ0) is 17.4. The van der Waals surface area contributed by atoms with Gasteiger partial charge in [-0.1, -0.05) is 11.6 Å². The summed E-state index contributed by atoms with van der Waals surface area (Å²) in [4.78, 5) is 28.9. The average molecular weight is 362 g/mol. The zero-order valence-electron chi connectivity index (χ0n) is 12.5. The third kappa shape index (κ3) is 2.91. The number of nitrogens with zero attached hydrogens (tertiary/aromatic N) is 1. The van der Waals surface area contributed by atoms with Crippen LogP contribution < -0.4 is 11.1 Å². The number of carbonyl (C=O) groups excluding carboxylic acids is 1. The predicted octanol–water partition coefficient (Wildman–Crippen LogP) is 3.79. The first kappa shape index (κ1) is 16.2. The van der Waals surface area contributed by atoms with Crippen LogP contribution in [0.25, 0.3) is 10.2 Å². The Bertz CT molecular complexity index is 984. The van der Waals surface area contributed by atoms with E-state index in [4.69, 9.17) is 22.4 Å². The standard InChI is InChI=1S/C16H12ClN3O3S/c1-7-2-4-9-12(18)13(24-15(9)19-7)14(21)20-8-3-5-11(17)10(6-8)16(22)23/h2-6H,18H2,1H3,(H,20,21)(H,22,23). The van der Waals surface area contributed by atoms with Gasteiger partial charge < -0.3 is 16.2 Å². The van der Waals surface area contributed by atoms with Gasteiger partial charge in [-0.05, 0) is 37.3 Å². The Labute approximate surface area is 145 Å². The topological polar surface area (TPSA) is 105 Å². The maximum Gasteiger partial charge on any atom is 0.337 e. The quantitative estimate of drug-likeness (QED) is 0.658. The molecule has 0 radical (unpaired) electrons. The fourth-order valence-corrected chi connectivity index (χ4v) is 3.45. The van der Waals surface area contributed by atoms with E-state index in [0.29, 0.717) is 21.1 Å². The van der Waals surface area contributed by atoms with Gasteiger partial charge in [-0.15, -0.1) is 11.3 Å². The van der Waals surface area contributed by atoms with Crippen LogP contribution in [0.4, 0.5) is 11.4 Å². The molecule has 0 fully saturated rings. The van der Waals surface area contributed by atoms with Crippen LogP contribution in [0.2, 0.25) is 5.02 Å². The van der Waals surface area contributed by atoms with Crippen molar-refractivity contribution < 1.29 is 14.7 Å². The van der Waals surface area contributed by atoms with E-state index >= 15 is 0 Å². The molecule has 0 unspecified atom stereocenters. The minimum absolute atomic E-state index is 0.0870. The van der Waals surface area contributed by atoms with E-state index in [-0.39, 0.29) is 10.6 Å². The first-order valence-electron chi connectivity index (χ1n) is 6.86. The molecule has 0 aliphatic carbocycles. The lowest BCUT2D eigenvalue weighted by molar-refractivity contribution is 0.0696. The largest absolute Gasteiger partial charge is 0.478 e. The third-order valence-electron chi connectivity index (χ3n) is 3.39. The number of hydrogen-bond donors (Lipinski definition) is 3. The number of benzene rings is 1. The van der Waals surface area contributed by atoms with E-state index in [0.717, 1.165) is 11.1 Å². The summed E-state index contributed by atoms with van der Waals surface area (Å²) in [5.41, 5.74) is 7.46. The Kier molecular flexibility index (Phi) is 4.13. The Balaban J connectivity index is 1.94. The number of pyridine rings is 1. The number of halogens is 1. The summed E-state index contributed by atoms with van der Waals surface area (Å²) in [6.45, 7) is 1.86. The number of aromatic nitrogens is 1. The molecule has 4 N–H and O–H groups in total. The fraction of sp³-hybridized carbons (Fsp3) is 0.0625.